The highest BCUT2D eigenvalue weighted by Crippen LogP contribution is 2.24. The van der Waals surface area contributed by atoms with Crippen molar-refractivity contribution in [3.63, 3.8) is 0 Å². The van der Waals surface area contributed by atoms with Gasteiger partial charge in [0.25, 0.3) is 11.6 Å². The van der Waals surface area contributed by atoms with Crippen LogP contribution in [0.2, 0.25) is 5.02 Å². The van der Waals surface area contributed by atoms with Crippen LogP contribution in [0.15, 0.2) is 33.9 Å². The number of nitrogens with zero attached hydrogens (tertiary/aromatic N) is 3. The number of nitro groups is 1. The summed E-state index contributed by atoms with van der Waals surface area (Å²) in [5.41, 5.74) is 2.50. The van der Waals surface area contributed by atoms with Gasteiger partial charge in [0.05, 0.1) is 11.1 Å². The normalized spacial score (nSPS) is 10.8. The lowest BCUT2D eigenvalue weighted by atomic mass is 10.2. The van der Waals surface area contributed by atoms with Gasteiger partial charge in [-0.15, -0.1) is 0 Å². The fourth-order valence-corrected chi connectivity index (χ4v) is 1.63. The molecule has 21 heavy (non-hydrogen) atoms. The van der Waals surface area contributed by atoms with E-state index in [4.69, 9.17) is 16.1 Å². The molecule has 0 aliphatic carbocycles. The standard InChI is InChI=1S/C12H9ClN4O4/c1-7-4-10(16-21-7)12(18)15-14-6-8-2-3-9(13)11(5-8)17(19)20/h2-6H,1H3,(H,15,18)/b14-6+. The second-order valence-electron chi connectivity index (χ2n) is 3.99. The van der Waals surface area contributed by atoms with E-state index in [1.54, 1.807) is 6.92 Å². The van der Waals surface area contributed by atoms with Crippen LogP contribution >= 0.6 is 11.6 Å². The SMILES string of the molecule is Cc1cc(C(=O)N/N=C/c2ccc(Cl)c([N+](=O)[O-])c2)no1. The molecule has 0 saturated heterocycles. The number of aromatic nitrogens is 1. The Labute approximate surface area is 123 Å². The summed E-state index contributed by atoms with van der Waals surface area (Å²) in [5, 5.41) is 18.0. The first-order valence-electron chi connectivity index (χ1n) is 5.68. The van der Waals surface area contributed by atoms with Crippen LogP contribution in [0, 0.1) is 17.0 Å². The van der Waals surface area contributed by atoms with Crippen LogP contribution in [0.3, 0.4) is 0 Å². The number of benzene rings is 1. The zero-order valence-corrected chi connectivity index (χ0v) is 11.5. The molecular weight excluding hydrogens is 300 g/mol. The fraction of sp³-hybridized carbons (Fsp3) is 0.0833. The van der Waals surface area contributed by atoms with E-state index >= 15 is 0 Å². The van der Waals surface area contributed by atoms with Crippen molar-refractivity contribution in [2.75, 3.05) is 0 Å². The van der Waals surface area contributed by atoms with Crippen LogP contribution in [-0.2, 0) is 0 Å². The van der Waals surface area contributed by atoms with E-state index in [2.05, 4.69) is 15.7 Å². The van der Waals surface area contributed by atoms with E-state index in [0.717, 1.165) is 0 Å². The topological polar surface area (TPSA) is 111 Å². The highest BCUT2D eigenvalue weighted by Gasteiger charge is 2.12. The van der Waals surface area contributed by atoms with E-state index in [1.807, 2.05) is 0 Å². The van der Waals surface area contributed by atoms with E-state index in [0.29, 0.717) is 11.3 Å². The van der Waals surface area contributed by atoms with Gasteiger partial charge in [-0.3, -0.25) is 14.9 Å². The number of nitrogens with one attached hydrogen (secondary N) is 1. The summed E-state index contributed by atoms with van der Waals surface area (Å²) in [7, 11) is 0. The lowest BCUT2D eigenvalue weighted by Crippen LogP contribution is -2.17. The molecule has 2 rings (SSSR count). The van der Waals surface area contributed by atoms with Crippen molar-refractivity contribution in [2.45, 2.75) is 6.92 Å². The van der Waals surface area contributed by atoms with Gasteiger partial charge in [-0.1, -0.05) is 22.8 Å². The van der Waals surface area contributed by atoms with Crippen LogP contribution in [0.4, 0.5) is 5.69 Å². The maximum Gasteiger partial charge on any atom is 0.293 e. The summed E-state index contributed by atoms with van der Waals surface area (Å²) in [6, 6.07) is 5.62. The second kappa shape index (κ2) is 6.14. The third-order valence-electron chi connectivity index (χ3n) is 2.41. The first-order chi connectivity index (χ1) is 9.97. The molecule has 8 nitrogen and oxygen atoms in total. The molecule has 1 aromatic carbocycles. The Bertz CT molecular complexity index is 726. The summed E-state index contributed by atoms with van der Waals surface area (Å²) < 4.78 is 4.75. The van der Waals surface area contributed by atoms with E-state index < -0.39 is 10.8 Å². The number of carbonyl (C=O) groups is 1. The van der Waals surface area contributed by atoms with Crippen molar-refractivity contribution in [1.29, 1.82) is 0 Å². The van der Waals surface area contributed by atoms with Gasteiger partial charge >= 0.3 is 0 Å². The minimum atomic E-state index is -0.601. The molecule has 0 aliphatic heterocycles. The molecule has 108 valence electrons. The van der Waals surface area contributed by atoms with Gasteiger partial charge in [-0.2, -0.15) is 5.10 Å². The van der Waals surface area contributed by atoms with Crippen LogP contribution in [0.25, 0.3) is 0 Å². The first-order valence-corrected chi connectivity index (χ1v) is 6.06. The van der Waals surface area contributed by atoms with Crippen LogP contribution < -0.4 is 5.43 Å². The molecular formula is C12H9ClN4O4. The molecule has 0 saturated carbocycles. The van der Waals surface area contributed by atoms with Gasteiger partial charge in [-0.25, -0.2) is 5.43 Å². The first kappa shape index (κ1) is 14.7. The Balaban J connectivity index is 2.06. The highest BCUT2D eigenvalue weighted by molar-refractivity contribution is 6.32. The summed E-state index contributed by atoms with van der Waals surface area (Å²) >= 11 is 5.68. The Kier molecular flexibility index (Phi) is 4.29. The summed E-state index contributed by atoms with van der Waals surface area (Å²) in [6.07, 6.45) is 1.26. The molecule has 0 aliphatic rings. The summed E-state index contributed by atoms with van der Waals surface area (Å²) in [5.74, 6) is -0.0518. The van der Waals surface area contributed by atoms with E-state index in [1.165, 1.54) is 30.5 Å². The van der Waals surface area contributed by atoms with Gasteiger partial charge in [0, 0.05) is 17.7 Å². The maximum absolute atomic E-state index is 11.6. The number of hydrogen-bond acceptors (Lipinski definition) is 6. The van der Waals surface area contributed by atoms with E-state index in [-0.39, 0.29) is 16.4 Å². The average molecular weight is 309 g/mol. The van der Waals surface area contributed by atoms with Crippen LogP contribution in [0.1, 0.15) is 21.8 Å². The minimum Gasteiger partial charge on any atom is -0.361 e. The van der Waals surface area contributed by atoms with Crippen molar-refractivity contribution < 1.29 is 14.2 Å². The lowest BCUT2D eigenvalue weighted by Gasteiger charge is -1.97. The van der Waals surface area contributed by atoms with E-state index in [9.17, 15) is 14.9 Å². The number of carbonyl (C=O) groups excluding carboxylic acids is 1. The molecule has 0 bridgehead atoms. The Hall–Kier alpha value is -2.74. The number of rotatable bonds is 4. The molecule has 0 fully saturated rings. The fourth-order valence-electron chi connectivity index (χ4n) is 1.45. The zero-order chi connectivity index (χ0) is 15.4. The molecule has 1 amide bonds. The Morgan fingerprint density at radius 1 is 1.52 bits per heavy atom. The predicted octanol–water partition coefficient (Wildman–Crippen LogP) is 2.31. The molecule has 1 aromatic heterocycles. The third-order valence-corrected chi connectivity index (χ3v) is 2.73. The average Bonchev–Trinajstić information content (AvgIpc) is 2.87. The lowest BCUT2D eigenvalue weighted by molar-refractivity contribution is -0.384. The minimum absolute atomic E-state index is 0.0271. The van der Waals surface area contributed by atoms with Crippen LogP contribution in [0.5, 0.6) is 0 Å². The van der Waals surface area contributed by atoms with Crippen molar-refractivity contribution in [3.05, 3.63) is 56.4 Å². The van der Waals surface area contributed by atoms with Crippen molar-refractivity contribution in [3.8, 4) is 0 Å². The molecule has 9 heteroatoms. The van der Waals surface area contributed by atoms with Crippen LogP contribution in [-0.4, -0.2) is 22.2 Å². The molecule has 1 heterocycles. The van der Waals surface area contributed by atoms with Gasteiger partial charge in [0.2, 0.25) is 0 Å². The number of nitro benzene ring substituents is 1. The van der Waals surface area contributed by atoms with Gasteiger partial charge < -0.3 is 4.52 Å². The molecule has 2 aromatic rings. The second-order valence-corrected chi connectivity index (χ2v) is 4.40. The zero-order valence-electron chi connectivity index (χ0n) is 10.7. The molecule has 0 radical (unpaired) electrons. The van der Waals surface area contributed by atoms with Gasteiger partial charge in [0.1, 0.15) is 10.8 Å². The number of hydrazone groups is 1. The quantitative estimate of drug-likeness (QED) is 0.529. The molecule has 0 spiro atoms. The molecule has 0 atom stereocenters. The van der Waals surface area contributed by atoms with Gasteiger partial charge in [0.15, 0.2) is 5.69 Å². The predicted molar refractivity (Wildman–Crippen MR) is 74.4 cm³/mol. The number of halogens is 1. The van der Waals surface area contributed by atoms with Crippen molar-refractivity contribution >= 4 is 29.4 Å². The Morgan fingerprint density at radius 2 is 2.29 bits per heavy atom. The smallest absolute Gasteiger partial charge is 0.293 e. The molecule has 0 unspecified atom stereocenters. The van der Waals surface area contributed by atoms with Gasteiger partial charge in [-0.05, 0) is 13.0 Å². The highest BCUT2D eigenvalue weighted by atomic mass is 35.5. The van der Waals surface area contributed by atoms with Crippen molar-refractivity contribution in [2.24, 2.45) is 5.10 Å². The third kappa shape index (κ3) is 3.63. The number of aryl methyl sites for hydroxylation is 1. The Morgan fingerprint density at radius 3 is 2.90 bits per heavy atom. The van der Waals surface area contributed by atoms with Crippen molar-refractivity contribution in [1.82, 2.24) is 10.6 Å². The summed E-state index contributed by atoms with van der Waals surface area (Å²) in [6.45, 7) is 1.65. The molecule has 1 N–H and O–H groups in total. The monoisotopic (exact) mass is 308 g/mol. The summed E-state index contributed by atoms with van der Waals surface area (Å²) in [4.78, 5) is 21.7. The largest absolute Gasteiger partial charge is 0.361 e. The maximum atomic E-state index is 11.6. The number of amides is 1. The number of hydrogen-bond donors (Lipinski definition) is 1.